The Morgan fingerprint density at radius 3 is 2.52 bits per heavy atom. The van der Waals surface area contributed by atoms with Gasteiger partial charge in [0, 0.05) is 6.54 Å². The highest BCUT2D eigenvalue weighted by molar-refractivity contribution is 7.89. The Balaban J connectivity index is 1.82. The van der Waals surface area contributed by atoms with Gasteiger partial charge in [0.2, 0.25) is 10.0 Å². The fraction of sp³-hybridized carbons (Fsp3) is 0.214. The molecule has 112 valence electrons. The van der Waals surface area contributed by atoms with E-state index in [-0.39, 0.29) is 10.8 Å². The molecule has 21 heavy (non-hydrogen) atoms. The van der Waals surface area contributed by atoms with Gasteiger partial charge in [0.15, 0.2) is 6.10 Å². The first kappa shape index (κ1) is 15.3. The predicted octanol–water partition coefficient (Wildman–Crippen LogP) is 0.461. The average molecular weight is 308 g/mol. The highest BCUT2D eigenvalue weighted by atomic mass is 32.2. The van der Waals surface area contributed by atoms with Crippen LogP contribution in [0.3, 0.4) is 0 Å². The van der Waals surface area contributed by atoms with E-state index in [0.717, 1.165) is 5.56 Å². The highest BCUT2D eigenvalue weighted by Gasteiger charge is 2.15. The smallest absolute Gasteiger partial charge is 0.265 e. The molecule has 1 aliphatic rings. The van der Waals surface area contributed by atoms with Crippen molar-refractivity contribution < 1.29 is 17.9 Å². The number of primary sulfonamides is 1. The van der Waals surface area contributed by atoms with Gasteiger partial charge in [0.25, 0.3) is 5.91 Å². The molecular formula is C14H16N2O4S. The number of nitrogens with one attached hydrogen (secondary N) is 1. The lowest BCUT2D eigenvalue weighted by Crippen LogP contribution is -2.36. The summed E-state index contributed by atoms with van der Waals surface area (Å²) in [5, 5.41) is 7.77. The van der Waals surface area contributed by atoms with Crippen LogP contribution in [0.4, 0.5) is 0 Å². The zero-order valence-corrected chi connectivity index (χ0v) is 12.0. The van der Waals surface area contributed by atoms with Crippen LogP contribution in [0.2, 0.25) is 0 Å². The Labute approximate surface area is 123 Å². The first-order valence-corrected chi connectivity index (χ1v) is 7.90. The van der Waals surface area contributed by atoms with Crippen molar-refractivity contribution in [3.05, 3.63) is 54.3 Å². The fourth-order valence-corrected chi connectivity index (χ4v) is 2.33. The summed E-state index contributed by atoms with van der Waals surface area (Å²) in [5.41, 5.74) is 0.905. The van der Waals surface area contributed by atoms with Gasteiger partial charge in [-0.3, -0.25) is 4.79 Å². The molecule has 0 radical (unpaired) electrons. The van der Waals surface area contributed by atoms with Gasteiger partial charge < -0.3 is 10.1 Å². The van der Waals surface area contributed by atoms with Gasteiger partial charge in [-0.15, -0.1) is 0 Å². The molecule has 3 N–H and O–H groups in total. The number of carbonyl (C=O) groups is 1. The van der Waals surface area contributed by atoms with Crippen LogP contribution in [-0.2, 0) is 26.0 Å². The number of nitrogens with two attached hydrogens (primary N) is 1. The van der Waals surface area contributed by atoms with E-state index in [1.54, 1.807) is 30.4 Å². The van der Waals surface area contributed by atoms with E-state index >= 15 is 0 Å². The molecule has 1 aromatic carbocycles. The Kier molecular flexibility index (Phi) is 4.77. The van der Waals surface area contributed by atoms with Crippen molar-refractivity contribution in [3.8, 4) is 0 Å². The SMILES string of the molecule is NS(=O)(=O)c1ccc(CCNC(=O)C2C=CC=CO2)cc1. The molecule has 1 aromatic rings. The van der Waals surface area contributed by atoms with Gasteiger partial charge >= 0.3 is 0 Å². The molecule has 0 saturated carbocycles. The molecule has 1 atom stereocenters. The molecule has 6 nitrogen and oxygen atoms in total. The predicted molar refractivity (Wildman–Crippen MR) is 77.7 cm³/mol. The van der Waals surface area contributed by atoms with Gasteiger partial charge in [-0.1, -0.05) is 18.2 Å². The maximum Gasteiger partial charge on any atom is 0.265 e. The van der Waals surface area contributed by atoms with Crippen molar-refractivity contribution in [2.24, 2.45) is 5.14 Å². The van der Waals surface area contributed by atoms with E-state index in [0.29, 0.717) is 13.0 Å². The summed E-state index contributed by atoms with van der Waals surface area (Å²) in [6, 6.07) is 6.24. The minimum atomic E-state index is -3.67. The van der Waals surface area contributed by atoms with Crippen molar-refractivity contribution in [2.75, 3.05) is 6.54 Å². The molecule has 0 bridgehead atoms. The van der Waals surface area contributed by atoms with E-state index in [1.807, 2.05) is 0 Å². The maximum atomic E-state index is 11.8. The van der Waals surface area contributed by atoms with Gasteiger partial charge in [0.1, 0.15) is 0 Å². The van der Waals surface area contributed by atoms with E-state index in [9.17, 15) is 13.2 Å². The minimum absolute atomic E-state index is 0.0721. The maximum absolute atomic E-state index is 11.8. The number of amides is 1. The lowest BCUT2D eigenvalue weighted by atomic mass is 10.1. The second-order valence-corrected chi connectivity index (χ2v) is 6.06. The summed E-state index contributed by atoms with van der Waals surface area (Å²) in [6.07, 6.45) is 6.58. The van der Waals surface area contributed by atoms with E-state index < -0.39 is 16.1 Å². The fourth-order valence-electron chi connectivity index (χ4n) is 1.81. The zero-order chi connectivity index (χ0) is 15.3. The van der Waals surface area contributed by atoms with Crippen molar-refractivity contribution >= 4 is 15.9 Å². The average Bonchev–Trinajstić information content (AvgIpc) is 2.47. The minimum Gasteiger partial charge on any atom is -0.484 e. The summed E-state index contributed by atoms with van der Waals surface area (Å²) >= 11 is 0. The van der Waals surface area contributed by atoms with Crippen molar-refractivity contribution in [1.29, 1.82) is 0 Å². The molecule has 1 unspecified atom stereocenters. The number of hydrogen-bond acceptors (Lipinski definition) is 4. The first-order chi connectivity index (χ1) is 9.97. The van der Waals surface area contributed by atoms with Crippen molar-refractivity contribution in [2.45, 2.75) is 17.4 Å². The summed E-state index contributed by atoms with van der Waals surface area (Å²) in [6.45, 7) is 0.435. The number of carbonyl (C=O) groups excluding carboxylic acids is 1. The van der Waals surface area contributed by atoms with Gasteiger partial charge in [-0.2, -0.15) is 0 Å². The molecule has 0 fully saturated rings. The molecule has 1 amide bonds. The summed E-state index contributed by atoms with van der Waals surface area (Å²) in [4.78, 5) is 11.8. The topological polar surface area (TPSA) is 98.5 Å². The normalized spacial score (nSPS) is 17.3. The van der Waals surface area contributed by atoms with Crippen LogP contribution in [0, 0.1) is 0 Å². The highest BCUT2D eigenvalue weighted by Crippen LogP contribution is 2.09. The molecule has 0 aromatic heterocycles. The summed E-state index contributed by atoms with van der Waals surface area (Å²) in [5.74, 6) is -0.211. The van der Waals surface area contributed by atoms with Gasteiger partial charge in [-0.05, 0) is 36.3 Å². The van der Waals surface area contributed by atoms with E-state index in [4.69, 9.17) is 9.88 Å². The number of hydrogen-bond donors (Lipinski definition) is 2. The van der Waals surface area contributed by atoms with Crippen LogP contribution in [0.1, 0.15) is 5.56 Å². The zero-order valence-electron chi connectivity index (χ0n) is 11.2. The second kappa shape index (κ2) is 6.55. The van der Waals surface area contributed by atoms with E-state index in [1.165, 1.54) is 18.4 Å². The lowest BCUT2D eigenvalue weighted by molar-refractivity contribution is -0.127. The van der Waals surface area contributed by atoms with Crippen LogP contribution in [0.25, 0.3) is 0 Å². The Morgan fingerprint density at radius 2 is 1.95 bits per heavy atom. The first-order valence-electron chi connectivity index (χ1n) is 6.35. The number of sulfonamides is 1. The number of rotatable bonds is 5. The van der Waals surface area contributed by atoms with Crippen LogP contribution >= 0.6 is 0 Å². The molecule has 0 saturated heterocycles. The van der Waals surface area contributed by atoms with E-state index in [2.05, 4.69) is 5.32 Å². The van der Waals surface area contributed by atoms with Crippen LogP contribution < -0.4 is 10.5 Å². The third kappa shape index (κ3) is 4.44. The second-order valence-electron chi connectivity index (χ2n) is 4.50. The molecule has 1 aliphatic heterocycles. The van der Waals surface area contributed by atoms with Crippen molar-refractivity contribution in [3.63, 3.8) is 0 Å². The van der Waals surface area contributed by atoms with Gasteiger partial charge in [-0.25, -0.2) is 13.6 Å². The standard InChI is InChI=1S/C14H16N2O4S/c15-21(18,19)12-6-4-11(5-7-12)8-9-16-14(17)13-3-1-2-10-20-13/h1-7,10,13H,8-9H2,(H,16,17)(H2,15,18,19). The Hall–Kier alpha value is -2.12. The quantitative estimate of drug-likeness (QED) is 0.825. The monoisotopic (exact) mass is 308 g/mol. The summed E-state index contributed by atoms with van der Waals surface area (Å²) < 4.78 is 27.4. The molecule has 0 spiro atoms. The molecule has 7 heteroatoms. The molecule has 1 heterocycles. The Bertz CT molecular complexity index is 663. The number of benzene rings is 1. The third-order valence-corrected chi connectivity index (χ3v) is 3.85. The largest absolute Gasteiger partial charge is 0.484 e. The Morgan fingerprint density at radius 1 is 1.24 bits per heavy atom. The lowest BCUT2D eigenvalue weighted by Gasteiger charge is -2.14. The van der Waals surface area contributed by atoms with Crippen LogP contribution in [0.5, 0.6) is 0 Å². The third-order valence-electron chi connectivity index (χ3n) is 2.92. The summed E-state index contributed by atoms with van der Waals surface area (Å²) in [7, 11) is -3.67. The molecule has 0 aliphatic carbocycles. The van der Waals surface area contributed by atoms with Gasteiger partial charge in [0.05, 0.1) is 11.2 Å². The number of ether oxygens (including phenoxy) is 1. The molecule has 2 rings (SSSR count). The number of allylic oxidation sites excluding steroid dienone is 2. The van der Waals surface area contributed by atoms with Crippen LogP contribution in [-0.4, -0.2) is 27.0 Å². The van der Waals surface area contributed by atoms with Crippen molar-refractivity contribution in [1.82, 2.24) is 5.32 Å². The van der Waals surface area contributed by atoms with Crippen LogP contribution in [0.15, 0.2) is 53.7 Å². The molecular weight excluding hydrogens is 292 g/mol.